The van der Waals surface area contributed by atoms with E-state index in [4.69, 9.17) is 4.74 Å². The van der Waals surface area contributed by atoms with E-state index in [1.54, 1.807) is 18.2 Å². The average molecular weight is 462 g/mol. The molecule has 170 valence electrons. The van der Waals surface area contributed by atoms with E-state index in [2.05, 4.69) is 27.7 Å². The molecule has 6 nitrogen and oxygen atoms in total. The monoisotopic (exact) mass is 461 g/mol. The SMILES string of the molecule is Cc1ccc(C(=O)N/C(=C\c2cccs2)C(=O)NCc2ccc(N3CCOCC3)cc2)cc1. The van der Waals surface area contributed by atoms with Crippen LogP contribution in [0.15, 0.2) is 71.7 Å². The van der Waals surface area contributed by atoms with Crippen LogP contribution in [0, 0.1) is 6.92 Å². The van der Waals surface area contributed by atoms with E-state index in [0.717, 1.165) is 48.0 Å². The lowest BCUT2D eigenvalue weighted by atomic mass is 10.1. The number of aryl methyl sites for hydroxylation is 1. The van der Waals surface area contributed by atoms with Gasteiger partial charge in [0.25, 0.3) is 11.8 Å². The van der Waals surface area contributed by atoms with E-state index in [0.29, 0.717) is 12.1 Å². The van der Waals surface area contributed by atoms with Crippen molar-refractivity contribution in [2.24, 2.45) is 0 Å². The highest BCUT2D eigenvalue weighted by Crippen LogP contribution is 2.17. The summed E-state index contributed by atoms with van der Waals surface area (Å²) in [4.78, 5) is 28.9. The van der Waals surface area contributed by atoms with Crippen molar-refractivity contribution >= 4 is 34.9 Å². The maximum absolute atomic E-state index is 13.0. The maximum atomic E-state index is 13.0. The van der Waals surface area contributed by atoms with Gasteiger partial charge in [0.2, 0.25) is 0 Å². The van der Waals surface area contributed by atoms with Crippen molar-refractivity contribution in [3.63, 3.8) is 0 Å². The van der Waals surface area contributed by atoms with Crippen LogP contribution in [0.2, 0.25) is 0 Å². The number of carbonyl (C=O) groups is 2. The fraction of sp³-hybridized carbons (Fsp3) is 0.231. The Morgan fingerprint density at radius 1 is 1.03 bits per heavy atom. The molecule has 0 bridgehead atoms. The maximum Gasteiger partial charge on any atom is 0.268 e. The van der Waals surface area contributed by atoms with Crippen molar-refractivity contribution in [2.45, 2.75) is 13.5 Å². The molecule has 1 aliphatic heterocycles. The highest BCUT2D eigenvalue weighted by Gasteiger charge is 2.15. The summed E-state index contributed by atoms with van der Waals surface area (Å²) in [5.41, 5.74) is 3.92. The standard InChI is InChI=1S/C26H27N3O3S/c1-19-4-8-21(9-5-19)25(30)28-24(17-23-3-2-16-33-23)26(31)27-18-20-6-10-22(11-7-20)29-12-14-32-15-13-29/h2-11,16-17H,12-15,18H2,1H3,(H,27,31)(H,28,30)/b24-17-. The van der Waals surface area contributed by atoms with Gasteiger partial charge in [-0.1, -0.05) is 35.9 Å². The van der Waals surface area contributed by atoms with Crippen molar-refractivity contribution < 1.29 is 14.3 Å². The predicted octanol–water partition coefficient (Wildman–Crippen LogP) is 3.98. The number of morpholine rings is 1. The van der Waals surface area contributed by atoms with E-state index in [-0.39, 0.29) is 17.5 Å². The van der Waals surface area contributed by atoms with Gasteiger partial charge in [-0.2, -0.15) is 0 Å². The summed E-state index contributed by atoms with van der Waals surface area (Å²) >= 11 is 1.50. The van der Waals surface area contributed by atoms with E-state index in [1.165, 1.54) is 11.3 Å². The summed E-state index contributed by atoms with van der Waals surface area (Å²) in [7, 11) is 0. The molecule has 0 aliphatic carbocycles. The van der Waals surface area contributed by atoms with Crippen LogP contribution in [0.5, 0.6) is 0 Å². The molecule has 1 aliphatic rings. The van der Waals surface area contributed by atoms with Crippen LogP contribution >= 0.6 is 11.3 Å². The van der Waals surface area contributed by atoms with Crippen LogP contribution in [0.25, 0.3) is 6.08 Å². The number of nitrogens with zero attached hydrogens (tertiary/aromatic N) is 1. The first-order valence-corrected chi connectivity index (χ1v) is 11.8. The molecule has 2 heterocycles. The fourth-order valence-corrected chi connectivity index (χ4v) is 4.15. The Bertz CT molecular complexity index is 1100. The van der Waals surface area contributed by atoms with Crippen LogP contribution in [-0.2, 0) is 16.1 Å². The summed E-state index contributed by atoms with van der Waals surface area (Å²) in [5.74, 6) is -0.649. The molecule has 2 aromatic carbocycles. The second kappa shape index (κ2) is 10.9. The number of hydrogen-bond donors (Lipinski definition) is 2. The number of nitrogens with one attached hydrogen (secondary N) is 2. The highest BCUT2D eigenvalue weighted by atomic mass is 32.1. The van der Waals surface area contributed by atoms with Crippen LogP contribution in [-0.4, -0.2) is 38.1 Å². The molecule has 0 saturated carbocycles. The van der Waals surface area contributed by atoms with E-state index < -0.39 is 0 Å². The summed E-state index contributed by atoms with van der Waals surface area (Å²) in [6.07, 6.45) is 1.70. The van der Waals surface area contributed by atoms with Gasteiger partial charge in [0, 0.05) is 35.8 Å². The lowest BCUT2D eigenvalue weighted by Gasteiger charge is -2.28. The van der Waals surface area contributed by atoms with Crippen molar-refractivity contribution in [3.05, 3.63) is 93.3 Å². The lowest BCUT2D eigenvalue weighted by Crippen LogP contribution is -2.36. The first-order chi connectivity index (χ1) is 16.1. The second-order valence-electron chi connectivity index (χ2n) is 7.84. The largest absolute Gasteiger partial charge is 0.378 e. The molecule has 2 N–H and O–H groups in total. The van der Waals surface area contributed by atoms with E-state index >= 15 is 0 Å². The van der Waals surface area contributed by atoms with Crippen molar-refractivity contribution in [2.75, 3.05) is 31.2 Å². The predicted molar refractivity (Wildman–Crippen MR) is 132 cm³/mol. The number of thiophene rings is 1. The minimum Gasteiger partial charge on any atom is -0.378 e. The zero-order chi connectivity index (χ0) is 23.0. The Kier molecular flexibility index (Phi) is 7.55. The molecule has 1 saturated heterocycles. The van der Waals surface area contributed by atoms with Gasteiger partial charge in [-0.05, 0) is 54.3 Å². The van der Waals surface area contributed by atoms with Crippen LogP contribution < -0.4 is 15.5 Å². The normalized spacial score (nSPS) is 14.1. The number of carbonyl (C=O) groups excluding carboxylic acids is 2. The van der Waals surface area contributed by atoms with Gasteiger partial charge in [0.1, 0.15) is 5.70 Å². The number of anilines is 1. The van der Waals surface area contributed by atoms with Gasteiger partial charge in [0.05, 0.1) is 13.2 Å². The summed E-state index contributed by atoms with van der Waals surface area (Å²) in [6.45, 7) is 5.58. The van der Waals surface area contributed by atoms with Crippen molar-refractivity contribution in [1.29, 1.82) is 0 Å². The molecule has 7 heteroatoms. The molecule has 4 rings (SSSR count). The third-order valence-electron chi connectivity index (χ3n) is 5.40. The fourth-order valence-electron chi connectivity index (χ4n) is 3.50. The zero-order valence-electron chi connectivity index (χ0n) is 18.5. The first kappa shape index (κ1) is 22.8. The molecule has 0 unspecified atom stereocenters. The minimum atomic E-state index is -0.332. The van der Waals surface area contributed by atoms with Crippen LogP contribution in [0.1, 0.15) is 26.4 Å². The molecule has 33 heavy (non-hydrogen) atoms. The second-order valence-corrected chi connectivity index (χ2v) is 8.82. The van der Waals surface area contributed by atoms with E-state index in [9.17, 15) is 9.59 Å². The number of amides is 2. The molecule has 1 fully saturated rings. The topological polar surface area (TPSA) is 70.7 Å². The van der Waals surface area contributed by atoms with Gasteiger partial charge in [-0.15, -0.1) is 11.3 Å². The van der Waals surface area contributed by atoms with Crippen molar-refractivity contribution in [3.8, 4) is 0 Å². The summed E-state index contributed by atoms with van der Waals surface area (Å²) in [6, 6.07) is 19.2. The molecule has 0 spiro atoms. The van der Waals surface area contributed by atoms with Gasteiger partial charge in [-0.3, -0.25) is 9.59 Å². The van der Waals surface area contributed by atoms with E-state index in [1.807, 2.05) is 48.7 Å². The number of hydrogen-bond acceptors (Lipinski definition) is 5. The van der Waals surface area contributed by atoms with Gasteiger partial charge >= 0.3 is 0 Å². The quantitative estimate of drug-likeness (QED) is 0.522. The smallest absolute Gasteiger partial charge is 0.268 e. The molecule has 0 atom stereocenters. The molecule has 0 radical (unpaired) electrons. The summed E-state index contributed by atoms with van der Waals surface area (Å²) < 4.78 is 5.41. The number of rotatable bonds is 7. The van der Waals surface area contributed by atoms with Gasteiger partial charge < -0.3 is 20.3 Å². The Morgan fingerprint density at radius 2 is 1.76 bits per heavy atom. The Morgan fingerprint density at radius 3 is 2.42 bits per heavy atom. The Balaban J connectivity index is 1.42. The average Bonchev–Trinajstić information content (AvgIpc) is 3.36. The molecular formula is C26H27N3O3S. The minimum absolute atomic E-state index is 0.216. The molecule has 1 aromatic heterocycles. The highest BCUT2D eigenvalue weighted by molar-refractivity contribution is 7.10. The Hall–Kier alpha value is -3.42. The zero-order valence-corrected chi connectivity index (χ0v) is 19.4. The van der Waals surface area contributed by atoms with Gasteiger partial charge in [-0.25, -0.2) is 0 Å². The van der Waals surface area contributed by atoms with Crippen LogP contribution in [0.3, 0.4) is 0 Å². The molecule has 2 amide bonds. The van der Waals surface area contributed by atoms with Gasteiger partial charge in [0.15, 0.2) is 0 Å². The van der Waals surface area contributed by atoms with Crippen LogP contribution in [0.4, 0.5) is 5.69 Å². The van der Waals surface area contributed by atoms with Crippen molar-refractivity contribution in [1.82, 2.24) is 10.6 Å². The Labute approximate surface area is 197 Å². The lowest BCUT2D eigenvalue weighted by molar-refractivity contribution is -0.117. The number of benzene rings is 2. The first-order valence-electron chi connectivity index (χ1n) is 10.9. The molecular weight excluding hydrogens is 434 g/mol. The number of ether oxygens (including phenoxy) is 1. The molecule has 3 aromatic rings. The summed E-state index contributed by atoms with van der Waals surface area (Å²) in [5, 5.41) is 7.63. The third-order valence-corrected chi connectivity index (χ3v) is 6.22. The third kappa shape index (κ3) is 6.31.